The van der Waals surface area contributed by atoms with Gasteiger partial charge in [-0.1, -0.05) is 63.3 Å². The molecule has 1 fully saturated rings. The van der Waals surface area contributed by atoms with Crippen LogP contribution in [0.25, 0.3) is 0 Å². The number of carbonyl (C=O) groups excluding carboxylic acids is 1. The van der Waals surface area contributed by atoms with Crippen molar-refractivity contribution in [2.75, 3.05) is 0 Å². The van der Waals surface area contributed by atoms with Gasteiger partial charge >= 0.3 is 5.97 Å². The minimum Gasteiger partial charge on any atom is -0.436 e. The van der Waals surface area contributed by atoms with E-state index in [1.807, 2.05) is 18.2 Å². The van der Waals surface area contributed by atoms with Gasteiger partial charge in [0.15, 0.2) is 0 Å². The van der Waals surface area contributed by atoms with Gasteiger partial charge in [-0.25, -0.2) is 0 Å². The second-order valence-electron chi connectivity index (χ2n) is 7.92. The Hall–Kier alpha value is -1.65. The Bertz CT molecular complexity index is 581. The van der Waals surface area contributed by atoms with Crippen LogP contribution in [0.2, 0.25) is 0 Å². The van der Waals surface area contributed by atoms with Gasteiger partial charge in [0, 0.05) is 19.3 Å². The van der Waals surface area contributed by atoms with E-state index < -0.39 is 6.29 Å². The highest BCUT2D eigenvalue weighted by atomic mass is 16.7. The maximum atomic E-state index is 11.3. The zero-order chi connectivity index (χ0) is 19.6. The quantitative estimate of drug-likeness (QED) is 0.436. The summed E-state index contributed by atoms with van der Waals surface area (Å²) in [6.45, 7) is 8.49. The SMILES string of the molecule is CC(=O)OC1O[C@H](C[C@H](/C=C/CC(C)C)OCc2ccccc2)CC[C@@H]1C. The van der Waals surface area contributed by atoms with Gasteiger partial charge in [-0.05, 0) is 30.7 Å². The van der Waals surface area contributed by atoms with Crippen molar-refractivity contribution >= 4 is 5.97 Å². The molecule has 27 heavy (non-hydrogen) atoms. The number of hydrogen-bond donors (Lipinski definition) is 0. The largest absolute Gasteiger partial charge is 0.436 e. The van der Waals surface area contributed by atoms with E-state index in [-0.39, 0.29) is 24.1 Å². The molecular formula is C23H34O4. The molecule has 0 aromatic heterocycles. The van der Waals surface area contributed by atoms with Crippen molar-refractivity contribution in [2.24, 2.45) is 11.8 Å². The molecule has 0 amide bonds. The Balaban J connectivity index is 1.95. The fraction of sp³-hybridized carbons (Fsp3) is 0.609. The number of esters is 1. The zero-order valence-electron chi connectivity index (χ0n) is 17.1. The molecule has 1 aliphatic rings. The van der Waals surface area contributed by atoms with Gasteiger partial charge in [0.05, 0.1) is 18.8 Å². The Labute approximate surface area is 163 Å². The highest BCUT2D eigenvalue weighted by molar-refractivity contribution is 5.66. The number of allylic oxidation sites excluding steroid dienone is 1. The summed E-state index contributed by atoms with van der Waals surface area (Å²) >= 11 is 0. The smallest absolute Gasteiger partial charge is 0.304 e. The number of hydrogen-bond acceptors (Lipinski definition) is 4. The van der Waals surface area contributed by atoms with Crippen LogP contribution in [-0.4, -0.2) is 24.5 Å². The topological polar surface area (TPSA) is 44.8 Å². The summed E-state index contributed by atoms with van der Waals surface area (Å²) in [5.41, 5.74) is 1.16. The summed E-state index contributed by atoms with van der Waals surface area (Å²) in [6, 6.07) is 10.2. The summed E-state index contributed by atoms with van der Waals surface area (Å²) in [5, 5.41) is 0. The van der Waals surface area contributed by atoms with Crippen LogP contribution in [-0.2, 0) is 25.6 Å². The third-order valence-corrected chi connectivity index (χ3v) is 4.78. The Morgan fingerprint density at radius 1 is 1.26 bits per heavy atom. The van der Waals surface area contributed by atoms with Crippen LogP contribution in [0.5, 0.6) is 0 Å². The van der Waals surface area contributed by atoms with Crippen molar-refractivity contribution in [3.63, 3.8) is 0 Å². The first-order valence-corrected chi connectivity index (χ1v) is 10.1. The number of benzene rings is 1. The van der Waals surface area contributed by atoms with Crippen molar-refractivity contribution in [2.45, 2.75) is 78.5 Å². The van der Waals surface area contributed by atoms with Gasteiger partial charge in [-0.15, -0.1) is 0 Å². The third-order valence-electron chi connectivity index (χ3n) is 4.78. The van der Waals surface area contributed by atoms with Crippen LogP contribution in [0.3, 0.4) is 0 Å². The van der Waals surface area contributed by atoms with Crippen LogP contribution in [0.4, 0.5) is 0 Å². The molecule has 1 aliphatic heterocycles. The monoisotopic (exact) mass is 374 g/mol. The van der Waals surface area contributed by atoms with E-state index in [2.05, 4.69) is 45.1 Å². The van der Waals surface area contributed by atoms with E-state index in [0.717, 1.165) is 31.2 Å². The lowest BCUT2D eigenvalue weighted by atomic mass is 9.95. The average molecular weight is 375 g/mol. The molecular weight excluding hydrogens is 340 g/mol. The van der Waals surface area contributed by atoms with E-state index in [4.69, 9.17) is 14.2 Å². The molecule has 0 N–H and O–H groups in total. The highest BCUT2D eigenvalue weighted by Crippen LogP contribution is 2.29. The molecule has 1 unspecified atom stereocenters. The maximum Gasteiger partial charge on any atom is 0.304 e. The van der Waals surface area contributed by atoms with Gasteiger partial charge in [-0.3, -0.25) is 4.79 Å². The normalized spacial score (nSPS) is 24.3. The van der Waals surface area contributed by atoms with Crippen molar-refractivity contribution in [1.29, 1.82) is 0 Å². The molecule has 0 saturated carbocycles. The minimum absolute atomic E-state index is 0.0136. The molecule has 1 aromatic rings. The molecule has 2 rings (SSSR count). The number of carbonyl (C=O) groups is 1. The van der Waals surface area contributed by atoms with Gasteiger partial charge in [0.2, 0.25) is 6.29 Å². The summed E-state index contributed by atoms with van der Waals surface area (Å²) in [6.07, 6.45) is 7.69. The third kappa shape index (κ3) is 8.27. The molecule has 1 heterocycles. The van der Waals surface area contributed by atoms with Gasteiger partial charge in [-0.2, -0.15) is 0 Å². The van der Waals surface area contributed by atoms with E-state index in [9.17, 15) is 4.79 Å². The van der Waals surface area contributed by atoms with E-state index >= 15 is 0 Å². The second-order valence-corrected chi connectivity index (χ2v) is 7.92. The van der Waals surface area contributed by atoms with E-state index in [1.165, 1.54) is 6.92 Å². The second kappa shape index (κ2) is 11.3. The molecule has 0 aliphatic carbocycles. The Morgan fingerprint density at radius 3 is 2.67 bits per heavy atom. The summed E-state index contributed by atoms with van der Waals surface area (Å²) in [7, 11) is 0. The van der Waals surface area contributed by atoms with E-state index in [0.29, 0.717) is 12.5 Å². The van der Waals surface area contributed by atoms with Gasteiger partial charge in [0.1, 0.15) is 0 Å². The number of rotatable bonds is 9. The van der Waals surface area contributed by atoms with Crippen LogP contribution in [0, 0.1) is 11.8 Å². The standard InChI is InChI=1S/C23H34O4/c1-17(2)9-8-12-21(25-16-20-10-6-5-7-11-20)15-22-14-13-18(3)23(27-22)26-19(4)24/h5-8,10-12,17-18,21-23H,9,13-16H2,1-4H3/b12-8+/t18-,21-,22-,23?/m0/s1. The predicted octanol–water partition coefficient (Wildman–Crippen LogP) is 5.27. The first-order valence-electron chi connectivity index (χ1n) is 10.1. The van der Waals surface area contributed by atoms with Crippen LogP contribution < -0.4 is 0 Å². The predicted molar refractivity (Wildman–Crippen MR) is 107 cm³/mol. The maximum absolute atomic E-state index is 11.3. The zero-order valence-corrected chi connectivity index (χ0v) is 17.1. The summed E-state index contributed by atoms with van der Waals surface area (Å²) in [4.78, 5) is 11.3. The lowest BCUT2D eigenvalue weighted by molar-refractivity contribution is -0.220. The van der Waals surface area contributed by atoms with Crippen molar-refractivity contribution in [1.82, 2.24) is 0 Å². The molecule has 4 atom stereocenters. The van der Waals surface area contributed by atoms with Crippen molar-refractivity contribution in [3.8, 4) is 0 Å². The van der Waals surface area contributed by atoms with Crippen LogP contribution >= 0.6 is 0 Å². The molecule has 4 nitrogen and oxygen atoms in total. The fourth-order valence-corrected chi connectivity index (χ4v) is 3.20. The minimum atomic E-state index is -0.448. The molecule has 0 spiro atoms. The van der Waals surface area contributed by atoms with Crippen LogP contribution in [0.15, 0.2) is 42.5 Å². The fourth-order valence-electron chi connectivity index (χ4n) is 3.20. The molecule has 4 heteroatoms. The lowest BCUT2D eigenvalue weighted by Gasteiger charge is -2.35. The summed E-state index contributed by atoms with van der Waals surface area (Å²) in [5.74, 6) is 0.558. The van der Waals surface area contributed by atoms with Gasteiger partial charge < -0.3 is 14.2 Å². The first-order chi connectivity index (χ1) is 12.9. The van der Waals surface area contributed by atoms with Crippen molar-refractivity contribution < 1.29 is 19.0 Å². The number of ether oxygens (including phenoxy) is 3. The Kier molecular flexibility index (Phi) is 9.02. The average Bonchev–Trinajstić information content (AvgIpc) is 2.62. The van der Waals surface area contributed by atoms with Gasteiger partial charge in [0.25, 0.3) is 0 Å². The molecule has 1 saturated heterocycles. The molecule has 0 bridgehead atoms. The molecule has 0 radical (unpaired) electrons. The Morgan fingerprint density at radius 2 is 2.00 bits per heavy atom. The van der Waals surface area contributed by atoms with Crippen LogP contribution in [0.1, 0.15) is 58.9 Å². The lowest BCUT2D eigenvalue weighted by Crippen LogP contribution is -2.38. The van der Waals surface area contributed by atoms with Crippen molar-refractivity contribution in [3.05, 3.63) is 48.0 Å². The molecule has 150 valence electrons. The highest BCUT2D eigenvalue weighted by Gasteiger charge is 2.31. The first kappa shape index (κ1) is 21.6. The summed E-state index contributed by atoms with van der Waals surface area (Å²) < 4.78 is 17.6. The molecule has 1 aromatic carbocycles. The van der Waals surface area contributed by atoms with E-state index in [1.54, 1.807) is 0 Å².